The monoisotopic (exact) mass is 413 g/mol. The number of benzene rings is 1. The first-order valence-electron chi connectivity index (χ1n) is 7.76. The van der Waals surface area contributed by atoms with Crippen molar-refractivity contribution in [3.05, 3.63) is 40.6 Å². The Hall–Kier alpha value is -1.79. The highest BCUT2D eigenvalue weighted by molar-refractivity contribution is 7.91. The number of hydrogen-bond donors (Lipinski definition) is 1. The number of anilines is 1. The van der Waals surface area contributed by atoms with Gasteiger partial charge in [0.1, 0.15) is 4.90 Å². The summed E-state index contributed by atoms with van der Waals surface area (Å²) in [7, 11) is -7.79. The van der Waals surface area contributed by atoms with E-state index in [-0.39, 0.29) is 28.7 Å². The Morgan fingerprint density at radius 1 is 1.19 bits per heavy atom. The minimum atomic E-state index is -4.01. The van der Waals surface area contributed by atoms with E-state index in [4.69, 9.17) is 4.74 Å². The van der Waals surface area contributed by atoms with Crippen molar-refractivity contribution in [1.82, 2.24) is 4.31 Å². The molecule has 2 aliphatic heterocycles. The molecule has 0 bridgehead atoms. The number of ether oxygens (including phenoxy) is 1. The summed E-state index contributed by atoms with van der Waals surface area (Å²) >= 11 is 1.36. The average molecular weight is 414 g/mol. The van der Waals surface area contributed by atoms with Crippen LogP contribution >= 0.6 is 11.3 Å². The van der Waals surface area contributed by atoms with E-state index in [1.165, 1.54) is 27.8 Å². The molecule has 2 aromatic rings. The first-order chi connectivity index (χ1) is 12.4. The fourth-order valence-corrected chi connectivity index (χ4v) is 6.15. The van der Waals surface area contributed by atoms with Gasteiger partial charge in [0.15, 0.2) is 5.84 Å². The summed E-state index contributed by atoms with van der Waals surface area (Å²) in [6, 6.07) is 7.59. The average Bonchev–Trinajstić information content (AvgIpc) is 3.16. The van der Waals surface area contributed by atoms with Gasteiger partial charge in [0.05, 0.1) is 28.7 Å². The van der Waals surface area contributed by atoms with Crippen LogP contribution in [0.3, 0.4) is 0 Å². The standard InChI is InChI=1S/C15H15N3O5S3/c19-25(20)14-10-11(26(21,22)18-5-7-23-8-6-18)3-4-12(14)16-15(17-25)13-2-1-9-24-13/h1-4,9-10H,5-8H2,(H,16,17). The maximum Gasteiger partial charge on any atom is 0.286 e. The Labute approximate surface area is 155 Å². The maximum absolute atomic E-state index is 12.8. The lowest BCUT2D eigenvalue weighted by Gasteiger charge is -2.26. The van der Waals surface area contributed by atoms with E-state index in [1.54, 1.807) is 12.1 Å². The number of amidine groups is 1. The number of fused-ring (bicyclic) bond motifs is 1. The zero-order chi connectivity index (χ0) is 18.4. The fraction of sp³-hybridized carbons (Fsp3) is 0.267. The summed E-state index contributed by atoms with van der Waals surface area (Å²) in [6.07, 6.45) is 0. The molecule has 0 spiro atoms. The van der Waals surface area contributed by atoms with Crippen molar-refractivity contribution in [2.45, 2.75) is 9.79 Å². The number of thiophene rings is 1. The smallest absolute Gasteiger partial charge is 0.286 e. The van der Waals surface area contributed by atoms with Gasteiger partial charge < -0.3 is 10.1 Å². The Balaban J connectivity index is 1.74. The maximum atomic E-state index is 12.8. The molecule has 1 fully saturated rings. The number of nitrogens with one attached hydrogen (secondary N) is 1. The number of morpholine rings is 1. The number of hydrogen-bond acceptors (Lipinski definition) is 7. The molecular formula is C15H15N3O5S3. The Bertz CT molecular complexity index is 1070. The molecular weight excluding hydrogens is 398 g/mol. The second kappa shape index (κ2) is 6.43. The largest absolute Gasteiger partial charge is 0.379 e. The Kier molecular flexibility index (Phi) is 4.35. The molecule has 138 valence electrons. The quantitative estimate of drug-likeness (QED) is 0.814. The highest BCUT2D eigenvalue weighted by atomic mass is 32.2. The third-order valence-corrected chi connectivity index (χ3v) is 8.15. The molecule has 8 nitrogen and oxygen atoms in total. The second-order valence-electron chi connectivity index (χ2n) is 5.69. The highest BCUT2D eigenvalue weighted by Gasteiger charge is 2.31. The van der Waals surface area contributed by atoms with Crippen LogP contribution in [-0.2, 0) is 24.8 Å². The number of rotatable bonds is 3. The Morgan fingerprint density at radius 2 is 1.96 bits per heavy atom. The van der Waals surface area contributed by atoms with Gasteiger partial charge in [-0.25, -0.2) is 8.42 Å². The normalized spacial score (nSPS) is 20.1. The van der Waals surface area contributed by atoms with Crippen molar-refractivity contribution in [2.24, 2.45) is 4.40 Å². The molecule has 0 amide bonds. The van der Waals surface area contributed by atoms with Crippen LogP contribution in [0, 0.1) is 0 Å². The summed E-state index contributed by atoms with van der Waals surface area (Å²) in [5.41, 5.74) is 0.310. The van der Waals surface area contributed by atoms with E-state index >= 15 is 0 Å². The van der Waals surface area contributed by atoms with E-state index in [9.17, 15) is 16.8 Å². The summed E-state index contributed by atoms with van der Waals surface area (Å²) in [5, 5.41) is 4.79. The van der Waals surface area contributed by atoms with Crippen LogP contribution in [0.2, 0.25) is 0 Å². The molecule has 2 aliphatic rings. The lowest BCUT2D eigenvalue weighted by Crippen LogP contribution is -2.40. The first kappa shape index (κ1) is 17.6. The van der Waals surface area contributed by atoms with Crippen LogP contribution in [-0.4, -0.2) is 53.3 Å². The molecule has 26 heavy (non-hydrogen) atoms. The molecule has 0 aliphatic carbocycles. The fourth-order valence-electron chi connectivity index (χ4n) is 2.76. The van der Waals surface area contributed by atoms with Gasteiger partial charge in [-0.05, 0) is 29.6 Å². The van der Waals surface area contributed by atoms with Crippen LogP contribution in [0.25, 0.3) is 0 Å². The highest BCUT2D eigenvalue weighted by Crippen LogP contribution is 2.32. The molecule has 1 aromatic heterocycles. The van der Waals surface area contributed by atoms with Gasteiger partial charge in [0, 0.05) is 13.1 Å². The molecule has 0 unspecified atom stereocenters. The molecule has 1 aromatic carbocycles. The van der Waals surface area contributed by atoms with Crippen LogP contribution in [0.15, 0.2) is 49.9 Å². The van der Waals surface area contributed by atoms with Gasteiger partial charge in [-0.15, -0.1) is 15.7 Å². The molecule has 0 atom stereocenters. The van der Waals surface area contributed by atoms with Crippen molar-refractivity contribution in [3.63, 3.8) is 0 Å². The van der Waals surface area contributed by atoms with Crippen molar-refractivity contribution < 1.29 is 21.6 Å². The molecule has 0 radical (unpaired) electrons. The van der Waals surface area contributed by atoms with Gasteiger partial charge in [0.25, 0.3) is 10.0 Å². The van der Waals surface area contributed by atoms with E-state index < -0.39 is 20.0 Å². The molecule has 0 saturated carbocycles. The SMILES string of the molecule is O=S1(=O)N=C(c2cccs2)Nc2ccc(S(=O)(=O)N3CCOCC3)cc21. The summed E-state index contributed by atoms with van der Waals surface area (Å²) in [6.45, 7) is 1.12. The van der Waals surface area contributed by atoms with Gasteiger partial charge >= 0.3 is 0 Å². The van der Waals surface area contributed by atoms with E-state index in [1.807, 2.05) is 5.38 Å². The first-order valence-corrected chi connectivity index (χ1v) is 11.5. The van der Waals surface area contributed by atoms with Gasteiger partial charge in [-0.1, -0.05) is 6.07 Å². The van der Waals surface area contributed by atoms with E-state index in [0.29, 0.717) is 23.8 Å². The Morgan fingerprint density at radius 3 is 2.65 bits per heavy atom. The molecule has 4 rings (SSSR count). The lowest BCUT2D eigenvalue weighted by molar-refractivity contribution is 0.0730. The van der Waals surface area contributed by atoms with Crippen LogP contribution in [0.1, 0.15) is 4.88 Å². The predicted molar refractivity (Wildman–Crippen MR) is 97.7 cm³/mol. The van der Waals surface area contributed by atoms with Crippen LogP contribution in [0.5, 0.6) is 0 Å². The minimum absolute atomic E-state index is 0.0710. The predicted octanol–water partition coefficient (Wildman–Crippen LogP) is 1.33. The minimum Gasteiger partial charge on any atom is -0.379 e. The molecule has 11 heteroatoms. The molecule has 1 saturated heterocycles. The summed E-state index contributed by atoms with van der Waals surface area (Å²) < 4.78 is 60.9. The topological polar surface area (TPSA) is 105 Å². The van der Waals surface area contributed by atoms with Gasteiger partial charge in [-0.3, -0.25) is 0 Å². The lowest BCUT2D eigenvalue weighted by atomic mass is 10.3. The van der Waals surface area contributed by atoms with E-state index in [2.05, 4.69) is 9.71 Å². The van der Waals surface area contributed by atoms with Crippen molar-refractivity contribution in [2.75, 3.05) is 31.6 Å². The molecule has 3 heterocycles. The van der Waals surface area contributed by atoms with Crippen LogP contribution in [0.4, 0.5) is 5.69 Å². The van der Waals surface area contributed by atoms with Crippen molar-refractivity contribution in [3.8, 4) is 0 Å². The summed E-state index contributed by atoms with van der Waals surface area (Å²) in [4.78, 5) is 0.467. The zero-order valence-electron chi connectivity index (χ0n) is 13.5. The van der Waals surface area contributed by atoms with Gasteiger partial charge in [-0.2, -0.15) is 12.7 Å². The molecule has 1 N–H and O–H groups in total. The van der Waals surface area contributed by atoms with Crippen molar-refractivity contribution in [1.29, 1.82) is 0 Å². The van der Waals surface area contributed by atoms with Crippen molar-refractivity contribution >= 4 is 42.9 Å². The third-order valence-electron chi connectivity index (χ3n) is 4.06. The second-order valence-corrected chi connectivity index (χ2v) is 10.1. The van der Waals surface area contributed by atoms with Gasteiger partial charge in [0.2, 0.25) is 10.0 Å². The number of nitrogens with zero attached hydrogens (tertiary/aromatic N) is 2. The number of sulfonamides is 2. The zero-order valence-corrected chi connectivity index (χ0v) is 15.9. The summed E-state index contributed by atoms with van der Waals surface area (Å²) in [5.74, 6) is 0.233. The third kappa shape index (κ3) is 3.05. The van der Waals surface area contributed by atoms with E-state index in [0.717, 1.165) is 6.07 Å². The van der Waals surface area contributed by atoms with Crippen LogP contribution < -0.4 is 5.32 Å².